The van der Waals surface area contributed by atoms with Gasteiger partial charge in [0.05, 0.1) is 12.3 Å². The van der Waals surface area contributed by atoms with E-state index in [1.165, 1.54) is 24.3 Å². The largest absolute Gasteiger partial charge is 0.573 e. The fourth-order valence-electron chi connectivity index (χ4n) is 2.36. The van der Waals surface area contributed by atoms with Gasteiger partial charge in [0.1, 0.15) is 5.75 Å². The smallest absolute Gasteiger partial charge is 0.406 e. The van der Waals surface area contributed by atoms with Crippen LogP contribution in [0.25, 0.3) is 0 Å². The van der Waals surface area contributed by atoms with E-state index in [2.05, 4.69) is 19.8 Å². The van der Waals surface area contributed by atoms with E-state index in [0.29, 0.717) is 18.0 Å². The molecule has 0 heterocycles. The van der Waals surface area contributed by atoms with E-state index < -0.39 is 16.4 Å². The molecule has 0 saturated heterocycles. The first-order chi connectivity index (χ1) is 12.6. The van der Waals surface area contributed by atoms with Crippen LogP contribution < -0.4 is 20.5 Å². The van der Waals surface area contributed by atoms with E-state index in [-0.39, 0.29) is 54.5 Å². The summed E-state index contributed by atoms with van der Waals surface area (Å²) in [7, 11) is -3.36. The summed E-state index contributed by atoms with van der Waals surface area (Å²) in [5.74, 6) is 0.0485. The molecule has 0 unspecified atom stereocenters. The number of guanidine groups is 1. The predicted molar refractivity (Wildman–Crippen MR) is 111 cm³/mol. The number of aliphatic imine (C=N–C) groups is 1. The predicted octanol–water partition coefficient (Wildman–Crippen LogP) is 2.33. The van der Waals surface area contributed by atoms with E-state index >= 15 is 0 Å². The molecular weight excluding hydrogens is 512 g/mol. The lowest BCUT2D eigenvalue weighted by Crippen LogP contribution is -2.39. The second-order valence-electron chi connectivity index (χ2n) is 6.28. The van der Waals surface area contributed by atoms with E-state index in [1.807, 2.05) is 0 Å². The summed E-state index contributed by atoms with van der Waals surface area (Å²) < 4.78 is 66.3. The fourth-order valence-corrected chi connectivity index (χ4v) is 3.36. The molecule has 0 amide bonds. The summed E-state index contributed by atoms with van der Waals surface area (Å²) in [5, 5.41) is 2.70. The molecule has 0 bridgehead atoms. The Hall–Kier alpha value is -1.28. The molecule has 160 valence electrons. The van der Waals surface area contributed by atoms with E-state index in [0.717, 1.165) is 19.3 Å². The van der Waals surface area contributed by atoms with Crippen LogP contribution in [0.2, 0.25) is 0 Å². The lowest BCUT2D eigenvalue weighted by molar-refractivity contribution is -0.274. The highest BCUT2D eigenvalue weighted by molar-refractivity contribution is 14.0. The molecule has 1 aromatic carbocycles. The number of nitrogens with zero attached hydrogens (tertiary/aromatic N) is 1. The molecule has 7 nitrogen and oxygen atoms in total. The zero-order chi connectivity index (χ0) is 19.9. The van der Waals surface area contributed by atoms with Crippen LogP contribution in [0.3, 0.4) is 0 Å². The van der Waals surface area contributed by atoms with Crippen molar-refractivity contribution in [1.29, 1.82) is 0 Å². The normalized spacial score (nSPS) is 15.5. The molecular formula is C16H24F3IN4O3S. The Morgan fingerprint density at radius 1 is 1.25 bits per heavy atom. The Kier molecular flexibility index (Phi) is 9.77. The number of nitrogens with two attached hydrogens (primary N) is 1. The van der Waals surface area contributed by atoms with Gasteiger partial charge in [0.2, 0.25) is 10.0 Å². The zero-order valence-electron chi connectivity index (χ0n) is 15.0. The van der Waals surface area contributed by atoms with Crippen LogP contribution in [0.15, 0.2) is 29.3 Å². The van der Waals surface area contributed by atoms with Crippen molar-refractivity contribution in [1.82, 2.24) is 10.0 Å². The number of nitrogens with one attached hydrogen (secondary N) is 2. The van der Waals surface area contributed by atoms with Gasteiger partial charge in [-0.3, -0.25) is 0 Å². The first-order valence-corrected chi connectivity index (χ1v) is 10.1. The molecule has 12 heteroatoms. The van der Waals surface area contributed by atoms with Crippen molar-refractivity contribution in [2.75, 3.05) is 18.8 Å². The number of rotatable bonds is 9. The van der Waals surface area contributed by atoms with Gasteiger partial charge in [-0.2, -0.15) is 0 Å². The zero-order valence-corrected chi connectivity index (χ0v) is 18.2. The fraction of sp³-hybridized carbons (Fsp3) is 0.562. The topological polar surface area (TPSA) is 106 Å². The van der Waals surface area contributed by atoms with Crippen molar-refractivity contribution in [3.63, 3.8) is 0 Å². The molecule has 1 aromatic rings. The summed E-state index contributed by atoms with van der Waals surface area (Å²) in [6.45, 7) is 0.714. The van der Waals surface area contributed by atoms with Crippen molar-refractivity contribution in [3.8, 4) is 5.75 Å². The Bertz CT molecular complexity index is 738. The third-order valence-corrected chi connectivity index (χ3v) is 5.43. The van der Waals surface area contributed by atoms with Gasteiger partial charge >= 0.3 is 6.36 Å². The SMILES string of the molecule is I.NC(=NCc1ccc(OC(F)(F)F)cc1)NCCS(=O)(=O)NCC1CCC1. The number of ether oxygens (including phenoxy) is 1. The molecule has 0 radical (unpaired) electrons. The number of alkyl halides is 3. The molecule has 1 saturated carbocycles. The lowest BCUT2D eigenvalue weighted by atomic mass is 9.86. The van der Waals surface area contributed by atoms with Crippen LogP contribution in [0.1, 0.15) is 24.8 Å². The third kappa shape index (κ3) is 9.78. The first-order valence-electron chi connectivity index (χ1n) is 8.49. The Morgan fingerprint density at radius 2 is 1.89 bits per heavy atom. The highest BCUT2D eigenvalue weighted by atomic mass is 127. The van der Waals surface area contributed by atoms with Crippen LogP contribution in [0.5, 0.6) is 5.75 Å². The first kappa shape index (κ1) is 24.8. The molecule has 0 spiro atoms. The van der Waals surface area contributed by atoms with Gasteiger partial charge in [-0.25, -0.2) is 18.1 Å². The van der Waals surface area contributed by atoms with Crippen molar-refractivity contribution < 1.29 is 26.3 Å². The highest BCUT2D eigenvalue weighted by Gasteiger charge is 2.30. The summed E-state index contributed by atoms with van der Waals surface area (Å²) in [6, 6.07) is 5.24. The second kappa shape index (κ2) is 11.0. The quantitative estimate of drug-likeness (QED) is 0.255. The standard InChI is InChI=1S/C16H23F3N4O3S.HI/c17-16(18,19)26-14-6-4-13(5-7-14)10-22-15(20)21-8-9-27(24,25)23-11-12-2-1-3-12;/h4-7,12,23H,1-3,8-11H2,(H3,20,21,22);1H. The van der Waals surface area contributed by atoms with Crippen molar-refractivity contribution >= 4 is 40.0 Å². The van der Waals surface area contributed by atoms with Gasteiger partial charge in [-0.15, -0.1) is 37.1 Å². The van der Waals surface area contributed by atoms with Gasteiger partial charge in [-0.1, -0.05) is 18.6 Å². The van der Waals surface area contributed by atoms with Crippen molar-refractivity contribution in [2.24, 2.45) is 16.6 Å². The average molecular weight is 536 g/mol. The second-order valence-corrected chi connectivity index (χ2v) is 8.21. The molecule has 0 aliphatic heterocycles. The maximum absolute atomic E-state index is 12.1. The Labute approximate surface area is 179 Å². The number of hydrogen-bond acceptors (Lipinski definition) is 4. The Balaban J connectivity index is 0.00000392. The number of hydrogen-bond donors (Lipinski definition) is 3. The molecule has 0 aromatic heterocycles. The van der Waals surface area contributed by atoms with Crippen molar-refractivity contribution in [3.05, 3.63) is 29.8 Å². The minimum atomic E-state index is -4.74. The monoisotopic (exact) mass is 536 g/mol. The summed E-state index contributed by atoms with van der Waals surface area (Å²) in [4.78, 5) is 4.02. The van der Waals surface area contributed by atoms with Gasteiger partial charge in [0.15, 0.2) is 5.96 Å². The van der Waals surface area contributed by atoms with Crippen LogP contribution in [0.4, 0.5) is 13.2 Å². The van der Waals surface area contributed by atoms with Crippen molar-refractivity contribution in [2.45, 2.75) is 32.2 Å². The van der Waals surface area contributed by atoms with Crippen LogP contribution in [0, 0.1) is 5.92 Å². The minimum Gasteiger partial charge on any atom is -0.406 e. The van der Waals surface area contributed by atoms with Crippen LogP contribution in [-0.2, 0) is 16.6 Å². The molecule has 1 aliphatic rings. The Morgan fingerprint density at radius 3 is 2.43 bits per heavy atom. The average Bonchev–Trinajstić information content (AvgIpc) is 2.51. The molecule has 28 heavy (non-hydrogen) atoms. The lowest BCUT2D eigenvalue weighted by Gasteiger charge is -2.25. The highest BCUT2D eigenvalue weighted by Crippen LogP contribution is 2.25. The summed E-state index contributed by atoms with van der Waals surface area (Å²) >= 11 is 0. The van der Waals surface area contributed by atoms with Crippen LogP contribution in [-0.4, -0.2) is 39.6 Å². The molecule has 1 aliphatic carbocycles. The number of sulfonamides is 1. The van der Waals surface area contributed by atoms with E-state index in [4.69, 9.17) is 5.73 Å². The maximum Gasteiger partial charge on any atom is 0.573 e. The third-order valence-electron chi connectivity index (χ3n) is 4.08. The van der Waals surface area contributed by atoms with Gasteiger partial charge in [-0.05, 0) is 36.5 Å². The molecule has 0 atom stereocenters. The van der Waals surface area contributed by atoms with Gasteiger partial charge in [0.25, 0.3) is 0 Å². The van der Waals surface area contributed by atoms with Gasteiger partial charge < -0.3 is 15.8 Å². The summed E-state index contributed by atoms with van der Waals surface area (Å²) in [5.41, 5.74) is 6.30. The minimum absolute atomic E-state index is 0. The number of benzene rings is 1. The van der Waals surface area contributed by atoms with E-state index in [1.54, 1.807) is 0 Å². The van der Waals surface area contributed by atoms with E-state index in [9.17, 15) is 21.6 Å². The maximum atomic E-state index is 12.1. The molecule has 1 fully saturated rings. The molecule has 4 N–H and O–H groups in total. The molecule has 2 rings (SSSR count). The van der Waals surface area contributed by atoms with Crippen LogP contribution >= 0.6 is 24.0 Å². The summed E-state index contributed by atoms with van der Waals surface area (Å²) in [6.07, 6.45) is -1.46. The van der Waals surface area contributed by atoms with Gasteiger partial charge in [0, 0.05) is 13.1 Å². The number of halogens is 4.